The average Bonchev–Trinajstić information content (AvgIpc) is 3.26. The molecule has 270 valence electrons. The van der Waals surface area contributed by atoms with E-state index in [-0.39, 0.29) is 17.3 Å². The van der Waals surface area contributed by atoms with E-state index >= 15 is 0 Å². The maximum absolute atomic E-state index is 12.8. The molecule has 0 atom stereocenters. The van der Waals surface area contributed by atoms with Gasteiger partial charge in [0.1, 0.15) is 5.75 Å². The Bertz CT molecular complexity index is 2360. The highest BCUT2D eigenvalue weighted by molar-refractivity contribution is 6.09. The lowest BCUT2D eigenvalue weighted by Crippen LogP contribution is -2.27. The zero-order valence-electron chi connectivity index (χ0n) is 30.9. The van der Waals surface area contributed by atoms with Gasteiger partial charge in [0.2, 0.25) is 0 Å². The maximum atomic E-state index is 12.8. The van der Waals surface area contributed by atoms with Crippen molar-refractivity contribution < 1.29 is 14.7 Å². The Labute approximate surface area is 328 Å². The first-order valence-electron chi connectivity index (χ1n) is 18.6. The van der Waals surface area contributed by atoms with Crippen molar-refractivity contribution in [3.63, 3.8) is 0 Å². The predicted octanol–water partition coefficient (Wildman–Crippen LogP) is 10.1. The molecule has 0 radical (unpaired) electrons. The van der Waals surface area contributed by atoms with E-state index in [9.17, 15) is 14.7 Å². The highest BCUT2D eigenvalue weighted by Gasteiger charge is 2.10. The standard InChI is InChI=1S/C52H39NO3/c54-50-33-19-41(20-34-50)35-38-53(36-7-9-39-15-21-42(22-16-39)44-25-29-48(30-26-44)51(55)46-11-3-1-4-12-46)37-8-10-40-17-23-43(24-18-40)45-27-31-49(32-28-45)52(56)47-13-5-2-6-14-47/h1-6,11-34,54H,35-38H2. The van der Waals surface area contributed by atoms with Crippen molar-refractivity contribution >= 4 is 11.6 Å². The molecule has 0 bridgehead atoms. The second-order valence-corrected chi connectivity index (χ2v) is 13.4. The smallest absolute Gasteiger partial charge is 0.193 e. The van der Waals surface area contributed by atoms with E-state index in [1.165, 1.54) is 0 Å². The number of carbonyl (C=O) groups excluding carboxylic acids is 2. The Morgan fingerprint density at radius 2 is 0.786 bits per heavy atom. The molecule has 0 heterocycles. The molecule has 4 nitrogen and oxygen atoms in total. The minimum absolute atomic E-state index is 0.0122. The summed E-state index contributed by atoms with van der Waals surface area (Å²) in [6.07, 6.45) is 0.804. The van der Waals surface area contributed by atoms with Gasteiger partial charge in [-0.25, -0.2) is 0 Å². The van der Waals surface area contributed by atoms with Gasteiger partial charge in [-0.15, -0.1) is 0 Å². The molecule has 0 saturated heterocycles. The van der Waals surface area contributed by atoms with Crippen LogP contribution in [-0.4, -0.2) is 41.2 Å². The number of nitrogens with zero attached hydrogens (tertiary/aromatic N) is 1. The summed E-state index contributed by atoms with van der Waals surface area (Å²) in [6, 6.07) is 57.7. The first kappa shape index (κ1) is 37.1. The number of rotatable bonds is 11. The number of hydrogen-bond acceptors (Lipinski definition) is 4. The van der Waals surface area contributed by atoms with E-state index in [1.54, 1.807) is 12.1 Å². The van der Waals surface area contributed by atoms with Crippen LogP contribution < -0.4 is 0 Å². The topological polar surface area (TPSA) is 57.6 Å². The summed E-state index contributed by atoms with van der Waals surface area (Å²) in [6.45, 7) is 1.86. The van der Waals surface area contributed by atoms with E-state index in [1.807, 2.05) is 146 Å². The van der Waals surface area contributed by atoms with Crippen LogP contribution in [0, 0.1) is 23.7 Å². The molecule has 7 aromatic carbocycles. The number of aromatic hydroxyl groups is 1. The quantitative estimate of drug-likeness (QED) is 0.107. The number of phenols is 1. The highest BCUT2D eigenvalue weighted by atomic mass is 16.3. The van der Waals surface area contributed by atoms with Gasteiger partial charge in [-0.2, -0.15) is 0 Å². The molecule has 0 aliphatic heterocycles. The second-order valence-electron chi connectivity index (χ2n) is 13.4. The van der Waals surface area contributed by atoms with E-state index in [4.69, 9.17) is 0 Å². The fourth-order valence-corrected chi connectivity index (χ4v) is 6.30. The van der Waals surface area contributed by atoms with Gasteiger partial charge in [0.05, 0.1) is 13.1 Å². The van der Waals surface area contributed by atoms with Gasteiger partial charge < -0.3 is 5.11 Å². The molecule has 1 N–H and O–H groups in total. The van der Waals surface area contributed by atoms with Gasteiger partial charge in [-0.05, 0) is 70.6 Å². The lowest BCUT2D eigenvalue weighted by Gasteiger charge is -2.16. The molecule has 0 saturated carbocycles. The monoisotopic (exact) mass is 725 g/mol. The average molecular weight is 726 g/mol. The number of phenolic OH excluding ortho intramolecular Hbond substituents is 1. The minimum atomic E-state index is 0.0122. The molecule has 0 amide bonds. The number of hydrogen-bond donors (Lipinski definition) is 1. The summed E-state index contributed by atoms with van der Waals surface area (Å²) in [7, 11) is 0. The summed E-state index contributed by atoms with van der Waals surface area (Å²) in [5.41, 5.74) is 9.85. The molecule has 4 heteroatoms. The molecular formula is C52H39NO3. The van der Waals surface area contributed by atoms with Crippen LogP contribution in [0.4, 0.5) is 0 Å². The molecule has 0 unspecified atom stereocenters. The summed E-state index contributed by atoms with van der Waals surface area (Å²) >= 11 is 0. The van der Waals surface area contributed by atoms with E-state index < -0.39 is 0 Å². The fourth-order valence-electron chi connectivity index (χ4n) is 6.30. The Balaban J connectivity index is 0.977. The van der Waals surface area contributed by atoms with E-state index in [0.29, 0.717) is 35.3 Å². The van der Waals surface area contributed by atoms with Gasteiger partial charge in [-0.3, -0.25) is 14.5 Å². The van der Waals surface area contributed by atoms with Gasteiger partial charge in [0.15, 0.2) is 11.6 Å². The third kappa shape index (κ3) is 9.84. The number of benzene rings is 7. The van der Waals surface area contributed by atoms with Crippen LogP contribution in [0.3, 0.4) is 0 Å². The van der Waals surface area contributed by atoms with Gasteiger partial charge in [-0.1, -0.05) is 169 Å². The lowest BCUT2D eigenvalue weighted by molar-refractivity contribution is 0.103. The Morgan fingerprint density at radius 1 is 0.429 bits per heavy atom. The highest BCUT2D eigenvalue weighted by Crippen LogP contribution is 2.23. The molecular weight excluding hydrogens is 687 g/mol. The van der Waals surface area contributed by atoms with Crippen molar-refractivity contribution in [1.82, 2.24) is 4.90 Å². The van der Waals surface area contributed by atoms with Crippen molar-refractivity contribution in [1.29, 1.82) is 0 Å². The molecule has 0 aliphatic carbocycles. The first-order chi connectivity index (χ1) is 27.5. The number of carbonyl (C=O) groups is 2. The molecule has 7 aromatic rings. The maximum Gasteiger partial charge on any atom is 0.193 e. The van der Waals surface area contributed by atoms with Crippen LogP contribution in [0.5, 0.6) is 5.75 Å². The molecule has 0 aromatic heterocycles. The van der Waals surface area contributed by atoms with Crippen LogP contribution in [0.15, 0.2) is 182 Å². The minimum Gasteiger partial charge on any atom is -0.508 e. The zero-order valence-corrected chi connectivity index (χ0v) is 30.9. The molecule has 7 rings (SSSR count). The fraction of sp³-hybridized carbons (Fsp3) is 0.0769. The molecule has 0 spiro atoms. The summed E-state index contributed by atoms with van der Waals surface area (Å²) < 4.78 is 0. The Hall–Kier alpha value is -7.24. The van der Waals surface area contributed by atoms with Gasteiger partial charge in [0.25, 0.3) is 0 Å². The first-order valence-corrected chi connectivity index (χ1v) is 18.6. The molecule has 0 aliphatic rings. The predicted molar refractivity (Wildman–Crippen MR) is 226 cm³/mol. The molecule has 56 heavy (non-hydrogen) atoms. The van der Waals surface area contributed by atoms with Crippen molar-refractivity contribution in [3.05, 3.63) is 221 Å². The van der Waals surface area contributed by atoms with Crippen molar-refractivity contribution in [2.45, 2.75) is 6.42 Å². The van der Waals surface area contributed by atoms with Crippen molar-refractivity contribution in [2.75, 3.05) is 19.6 Å². The van der Waals surface area contributed by atoms with Crippen molar-refractivity contribution in [2.24, 2.45) is 0 Å². The lowest BCUT2D eigenvalue weighted by atomic mass is 9.99. The number of ketones is 2. The largest absolute Gasteiger partial charge is 0.508 e. The van der Waals surface area contributed by atoms with Crippen molar-refractivity contribution in [3.8, 4) is 51.7 Å². The van der Waals surface area contributed by atoms with E-state index in [0.717, 1.165) is 51.9 Å². The zero-order chi connectivity index (χ0) is 38.5. The third-order valence-corrected chi connectivity index (χ3v) is 9.53. The van der Waals surface area contributed by atoms with Gasteiger partial charge in [0, 0.05) is 39.9 Å². The summed E-state index contributed by atoms with van der Waals surface area (Å²) in [5.74, 6) is 13.6. The van der Waals surface area contributed by atoms with Crippen LogP contribution in [0.2, 0.25) is 0 Å². The third-order valence-electron chi connectivity index (χ3n) is 9.53. The summed E-state index contributed by atoms with van der Waals surface area (Å²) in [5, 5.41) is 9.72. The summed E-state index contributed by atoms with van der Waals surface area (Å²) in [4.78, 5) is 27.8. The van der Waals surface area contributed by atoms with Gasteiger partial charge >= 0.3 is 0 Å². The van der Waals surface area contributed by atoms with Crippen LogP contribution >= 0.6 is 0 Å². The van der Waals surface area contributed by atoms with Crippen LogP contribution in [-0.2, 0) is 6.42 Å². The van der Waals surface area contributed by atoms with Crippen LogP contribution in [0.25, 0.3) is 22.3 Å². The van der Waals surface area contributed by atoms with E-state index in [2.05, 4.69) is 52.8 Å². The van der Waals surface area contributed by atoms with Crippen LogP contribution in [0.1, 0.15) is 48.5 Å². The Kier molecular flexibility index (Phi) is 12.1. The normalized spacial score (nSPS) is 10.5. The molecule has 0 fully saturated rings. The SMILES string of the molecule is O=C(c1ccccc1)c1ccc(-c2ccc(C#CCN(CC#Cc3ccc(-c4ccc(C(=O)c5ccccc5)cc4)cc3)CCc3ccc(O)cc3)cc2)cc1. The second kappa shape index (κ2) is 18.2. The Morgan fingerprint density at radius 3 is 1.18 bits per heavy atom.